The molecule has 1 aromatic heterocycles. The first kappa shape index (κ1) is 26.3. The summed E-state index contributed by atoms with van der Waals surface area (Å²) in [6, 6.07) is 6.08. The van der Waals surface area contributed by atoms with E-state index < -0.39 is 23.1 Å². The molecule has 33 heavy (non-hydrogen) atoms. The monoisotopic (exact) mass is 479 g/mol. The largest absolute Gasteiger partial charge is 0.459 e. The van der Waals surface area contributed by atoms with Crippen molar-refractivity contribution in [3.8, 4) is 0 Å². The number of halogens is 1. The number of aromatic nitrogens is 2. The minimum Gasteiger partial charge on any atom is -0.459 e. The van der Waals surface area contributed by atoms with Gasteiger partial charge in [-0.2, -0.15) is 5.10 Å². The number of piperidine rings is 1. The maximum atomic E-state index is 12.6. The smallest absolute Gasteiger partial charge is 0.397 e. The summed E-state index contributed by atoms with van der Waals surface area (Å²) >= 11 is 4.69. The summed E-state index contributed by atoms with van der Waals surface area (Å²) in [5.41, 5.74) is 2.13. The molecule has 1 aliphatic rings. The average molecular weight is 480 g/mol. The summed E-state index contributed by atoms with van der Waals surface area (Å²) in [5.74, 6) is -1.92. The first-order chi connectivity index (χ1) is 15.7. The number of likely N-dealkylation sites (tertiary alicyclic amines) is 1. The summed E-state index contributed by atoms with van der Waals surface area (Å²) < 4.78 is 11.1. The van der Waals surface area contributed by atoms with Crippen molar-refractivity contribution in [2.24, 2.45) is 5.92 Å². The molecule has 2 heterocycles. The minimum absolute atomic E-state index is 0.0949. The summed E-state index contributed by atoms with van der Waals surface area (Å²) in [6.07, 6.45) is 3.73. The second-order valence-electron chi connectivity index (χ2n) is 7.65. The van der Waals surface area contributed by atoms with Crippen LogP contribution in [0, 0.1) is 5.92 Å². The lowest BCUT2D eigenvalue weighted by molar-refractivity contribution is -0.162. The van der Waals surface area contributed by atoms with Gasteiger partial charge >= 0.3 is 23.1 Å². The highest BCUT2D eigenvalue weighted by Crippen LogP contribution is 2.34. The molecule has 1 aliphatic heterocycles. The maximum Gasteiger partial charge on any atom is 0.397 e. The number of aryl methyl sites for hydroxylation is 1. The van der Waals surface area contributed by atoms with Crippen molar-refractivity contribution in [2.75, 3.05) is 19.8 Å². The predicted octanol–water partition coefficient (Wildman–Crippen LogP) is 3.23. The molecule has 1 aromatic carbocycles. The van der Waals surface area contributed by atoms with Gasteiger partial charge < -0.3 is 14.4 Å². The van der Waals surface area contributed by atoms with E-state index in [1.54, 1.807) is 18.7 Å². The molecule has 9 nitrogen and oxygen atoms in total. The topological polar surface area (TPSA) is 108 Å². The quantitative estimate of drug-likeness (QED) is 0.368. The second-order valence-corrected chi connectivity index (χ2v) is 7.99. The van der Waals surface area contributed by atoms with E-state index in [0.29, 0.717) is 12.5 Å². The third-order valence-corrected chi connectivity index (χ3v) is 5.47. The van der Waals surface area contributed by atoms with Gasteiger partial charge in [-0.3, -0.25) is 14.3 Å². The number of benzene rings is 1. The third kappa shape index (κ3) is 6.77. The Morgan fingerprint density at radius 1 is 1.06 bits per heavy atom. The number of rotatable bonds is 5. The van der Waals surface area contributed by atoms with Gasteiger partial charge in [0.25, 0.3) is 0 Å². The molecule has 10 heteroatoms. The second kappa shape index (κ2) is 12.3. The number of carbonyl (C=O) groups is 4. The van der Waals surface area contributed by atoms with Crippen LogP contribution >= 0.6 is 11.6 Å². The van der Waals surface area contributed by atoms with Crippen LogP contribution in [0.2, 0.25) is 0 Å². The molecule has 1 amide bonds. The zero-order chi connectivity index (χ0) is 24.5. The molecular formula is C23H30ClN3O6. The number of hydrogen-bond acceptors (Lipinski definition) is 7. The third-order valence-electron chi connectivity index (χ3n) is 5.31. The first-order valence-corrected chi connectivity index (χ1v) is 11.4. The van der Waals surface area contributed by atoms with Gasteiger partial charge in [0, 0.05) is 18.5 Å². The van der Waals surface area contributed by atoms with Crippen LogP contribution in [0.25, 0.3) is 10.9 Å². The normalized spacial score (nSPS) is 17.7. The van der Waals surface area contributed by atoms with E-state index in [1.807, 2.05) is 23.0 Å². The van der Waals surface area contributed by atoms with Gasteiger partial charge in [-0.1, -0.05) is 13.0 Å². The summed E-state index contributed by atoms with van der Waals surface area (Å²) in [5, 5.41) is 4.36. The lowest BCUT2D eigenvalue weighted by Crippen LogP contribution is -2.45. The first-order valence-electron chi connectivity index (χ1n) is 11.0. The molecule has 0 spiro atoms. The van der Waals surface area contributed by atoms with Crippen LogP contribution in [0.15, 0.2) is 24.4 Å². The Morgan fingerprint density at radius 3 is 2.30 bits per heavy atom. The molecule has 1 saturated heterocycles. The maximum absolute atomic E-state index is 12.6. The van der Waals surface area contributed by atoms with E-state index >= 15 is 0 Å². The van der Waals surface area contributed by atoms with Crippen molar-refractivity contribution in [3.63, 3.8) is 0 Å². The van der Waals surface area contributed by atoms with E-state index in [9.17, 15) is 19.2 Å². The molecule has 0 bridgehead atoms. The van der Waals surface area contributed by atoms with E-state index in [0.717, 1.165) is 35.9 Å². The van der Waals surface area contributed by atoms with Crippen LogP contribution in [0.4, 0.5) is 0 Å². The van der Waals surface area contributed by atoms with Gasteiger partial charge in [0.05, 0.1) is 31.0 Å². The molecule has 0 radical (unpaired) electrons. The fourth-order valence-corrected chi connectivity index (χ4v) is 3.84. The van der Waals surface area contributed by atoms with E-state index in [1.165, 1.54) is 0 Å². The number of fused-ring (bicyclic) bond motifs is 1. The lowest BCUT2D eigenvalue weighted by Gasteiger charge is -2.38. The Hall–Kier alpha value is -2.94. The minimum atomic E-state index is -1.08. The Kier molecular flexibility index (Phi) is 9.84. The molecule has 2 atom stereocenters. The molecule has 0 N–H and O–H groups in total. The van der Waals surface area contributed by atoms with Crippen molar-refractivity contribution < 1.29 is 28.7 Å². The fraction of sp³-hybridized carbons (Fsp3) is 0.522. The van der Waals surface area contributed by atoms with Gasteiger partial charge in [0.1, 0.15) is 0 Å². The van der Waals surface area contributed by atoms with Crippen LogP contribution < -0.4 is 0 Å². The van der Waals surface area contributed by atoms with Crippen molar-refractivity contribution in [2.45, 2.75) is 53.1 Å². The Labute approximate surface area is 197 Å². The van der Waals surface area contributed by atoms with Crippen LogP contribution in [-0.4, -0.2) is 57.5 Å². The van der Waals surface area contributed by atoms with E-state index in [-0.39, 0.29) is 19.3 Å². The number of esters is 2. The predicted molar refractivity (Wildman–Crippen MR) is 122 cm³/mol. The van der Waals surface area contributed by atoms with Crippen LogP contribution in [0.5, 0.6) is 0 Å². The number of hydrogen-bond donors (Lipinski definition) is 0. The zero-order valence-electron chi connectivity index (χ0n) is 19.4. The van der Waals surface area contributed by atoms with Gasteiger partial charge in [-0.25, -0.2) is 9.59 Å². The van der Waals surface area contributed by atoms with Crippen LogP contribution in [0.1, 0.15) is 52.1 Å². The molecule has 0 saturated carbocycles. The molecule has 0 unspecified atom stereocenters. The summed E-state index contributed by atoms with van der Waals surface area (Å²) in [4.78, 5) is 46.1. The van der Waals surface area contributed by atoms with Gasteiger partial charge in [0.15, 0.2) is 0 Å². The van der Waals surface area contributed by atoms with Crippen LogP contribution in [0.3, 0.4) is 0 Å². The lowest BCUT2D eigenvalue weighted by atomic mass is 9.89. The SMILES string of the molecule is CCOC(=O)C(=O)Cl.CCOC(=O)C(=O)N1C[C@@H](C)CC[C@@H]1c1ccc2c(cnn2CC)c1. The van der Waals surface area contributed by atoms with Crippen molar-refractivity contribution in [3.05, 3.63) is 30.0 Å². The molecule has 1 fully saturated rings. The summed E-state index contributed by atoms with van der Waals surface area (Å²) in [7, 11) is 0. The Bertz CT molecular complexity index is 1010. The highest BCUT2D eigenvalue weighted by Gasteiger charge is 2.35. The number of amides is 1. The van der Waals surface area contributed by atoms with Gasteiger partial charge in [0.2, 0.25) is 0 Å². The molecule has 0 aliphatic carbocycles. The van der Waals surface area contributed by atoms with E-state index in [4.69, 9.17) is 16.3 Å². The average Bonchev–Trinajstić information content (AvgIpc) is 3.21. The van der Waals surface area contributed by atoms with Crippen molar-refractivity contribution >= 4 is 45.6 Å². The number of ether oxygens (including phenoxy) is 2. The molecule has 180 valence electrons. The van der Waals surface area contributed by atoms with Gasteiger partial charge in [-0.15, -0.1) is 0 Å². The molecule has 3 rings (SSSR count). The highest BCUT2D eigenvalue weighted by molar-refractivity contribution is 6.80. The van der Waals surface area contributed by atoms with Gasteiger partial charge in [-0.05, 0) is 68.8 Å². The molecular weight excluding hydrogens is 450 g/mol. The van der Waals surface area contributed by atoms with E-state index in [2.05, 4.69) is 29.7 Å². The number of carbonyl (C=O) groups excluding carboxylic acids is 4. The van der Waals surface area contributed by atoms with Crippen LogP contribution in [-0.2, 0) is 35.2 Å². The van der Waals surface area contributed by atoms with Crippen molar-refractivity contribution in [1.82, 2.24) is 14.7 Å². The Balaban J connectivity index is 0.000000414. The standard InChI is InChI=1S/C19H25N3O3.C4H5ClO3/c1-4-22-17-9-7-14(10-15(17)11-20-22)16-8-6-13(3)12-21(16)18(23)19(24)25-5-2;1-2-8-4(7)3(5)6/h7,9-11,13,16H,4-6,8,12H2,1-3H3;2H2,1H3/t13-,16+;/m0./s1. The summed E-state index contributed by atoms with van der Waals surface area (Å²) in [6.45, 7) is 9.25. The fourth-order valence-electron chi connectivity index (χ4n) is 3.79. The highest BCUT2D eigenvalue weighted by atomic mass is 35.5. The number of nitrogens with zero attached hydrogens (tertiary/aromatic N) is 3. The van der Waals surface area contributed by atoms with Crippen molar-refractivity contribution in [1.29, 1.82) is 0 Å². The molecule has 2 aromatic rings. The zero-order valence-corrected chi connectivity index (χ0v) is 20.1. The Morgan fingerprint density at radius 2 is 1.73 bits per heavy atom.